The minimum absolute atomic E-state index is 0.0859. The van der Waals surface area contributed by atoms with Crippen LogP contribution in [-0.4, -0.2) is 25.5 Å². The quantitative estimate of drug-likeness (QED) is 0.675. The number of nitrogens with one attached hydrogen (secondary N) is 2. The molecule has 0 bridgehead atoms. The van der Waals surface area contributed by atoms with Crippen LogP contribution in [0.5, 0.6) is 0 Å². The molecule has 4 rings (SSSR count). The summed E-state index contributed by atoms with van der Waals surface area (Å²) in [6, 6.07) is 19.0. The Morgan fingerprint density at radius 1 is 1.04 bits per heavy atom. The molecule has 0 aliphatic carbocycles. The smallest absolute Gasteiger partial charge is 0.256 e. The normalized spacial score (nSPS) is 15.6. The summed E-state index contributed by atoms with van der Waals surface area (Å²) in [5.74, 6) is -1.06. The van der Waals surface area contributed by atoms with Crippen LogP contribution in [0, 0.1) is 5.82 Å². The van der Waals surface area contributed by atoms with Gasteiger partial charge < -0.3 is 10.2 Å². The first kappa shape index (κ1) is 18.9. The van der Waals surface area contributed by atoms with E-state index in [1.165, 1.54) is 52.3 Å². The second-order valence-corrected chi connectivity index (χ2v) is 7.70. The number of halogens is 2. The van der Waals surface area contributed by atoms with Crippen LogP contribution in [0.2, 0.25) is 5.02 Å². The molecule has 1 heterocycles. The van der Waals surface area contributed by atoms with Gasteiger partial charge in [-0.1, -0.05) is 60.1 Å². The number of carbonyl (C=O) groups excluding carboxylic acids is 1. The van der Waals surface area contributed by atoms with Crippen molar-refractivity contribution in [1.82, 2.24) is 5.32 Å². The number of quaternary nitrogens is 1. The molecule has 1 atom stereocenters. The molecule has 3 aromatic carbocycles. The van der Waals surface area contributed by atoms with E-state index in [0.29, 0.717) is 6.54 Å². The Morgan fingerprint density at radius 3 is 2.54 bits per heavy atom. The van der Waals surface area contributed by atoms with Gasteiger partial charge in [-0.15, -0.1) is 0 Å². The molecule has 0 unspecified atom stereocenters. The highest BCUT2D eigenvalue weighted by molar-refractivity contribution is 6.33. The van der Waals surface area contributed by atoms with Crippen molar-refractivity contribution in [3.63, 3.8) is 0 Å². The molecule has 0 spiro atoms. The van der Waals surface area contributed by atoms with Crippen LogP contribution in [0.4, 0.5) is 4.39 Å². The Labute approximate surface area is 169 Å². The largest absolute Gasteiger partial charge is 0.346 e. The summed E-state index contributed by atoms with van der Waals surface area (Å²) in [7, 11) is 0. The number of likely N-dealkylation sites (tertiary alicyclic amines) is 1. The summed E-state index contributed by atoms with van der Waals surface area (Å²) in [5, 5.41) is 5.46. The molecule has 3 aromatic rings. The number of hydrogen-bond acceptors (Lipinski definition) is 1. The molecule has 0 aromatic heterocycles. The first-order chi connectivity index (χ1) is 13.6. The molecule has 5 heteroatoms. The molecule has 1 amide bonds. The fourth-order valence-electron chi connectivity index (χ4n) is 4.20. The van der Waals surface area contributed by atoms with Crippen molar-refractivity contribution in [2.75, 3.05) is 19.6 Å². The Hall–Kier alpha value is -2.43. The second-order valence-electron chi connectivity index (χ2n) is 7.29. The standard InChI is InChI=1S/C23H22ClFN2O/c24-19-11-6-12-20(25)22(19)23(28)26-15-21(27-13-3-4-14-27)18-10-5-8-16-7-1-2-9-17(16)18/h1-2,5-12,21H,3-4,13-15H2,(H,26,28)/p+1/t21-/m0/s1. The lowest BCUT2D eigenvalue weighted by molar-refractivity contribution is -0.918. The van der Waals surface area contributed by atoms with E-state index in [2.05, 4.69) is 35.6 Å². The molecule has 3 nitrogen and oxygen atoms in total. The molecule has 0 radical (unpaired) electrons. The van der Waals surface area contributed by atoms with Crippen molar-refractivity contribution < 1.29 is 14.1 Å². The van der Waals surface area contributed by atoms with Crippen LogP contribution >= 0.6 is 11.6 Å². The summed E-state index contributed by atoms with van der Waals surface area (Å²) in [4.78, 5) is 14.1. The fraction of sp³-hybridized carbons (Fsp3) is 0.261. The molecule has 1 aliphatic rings. The van der Waals surface area contributed by atoms with Crippen molar-refractivity contribution in [2.45, 2.75) is 18.9 Å². The first-order valence-electron chi connectivity index (χ1n) is 9.69. The topological polar surface area (TPSA) is 33.5 Å². The Morgan fingerprint density at radius 2 is 1.75 bits per heavy atom. The van der Waals surface area contributed by atoms with Gasteiger partial charge in [0.1, 0.15) is 11.9 Å². The predicted octanol–water partition coefficient (Wildman–Crippen LogP) is 3.78. The third kappa shape index (κ3) is 3.75. The fourth-order valence-corrected chi connectivity index (χ4v) is 4.45. The molecule has 0 saturated carbocycles. The number of rotatable bonds is 5. The molecule has 1 aliphatic heterocycles. The summed E-state index contributed by atoms with van der Waals surface area (Å²) in [5.41, 5.74) is 1.13. The summed E-state index contributed by atoms with van der Waals surface area (Å²) >= 11 is 6.06. The molecule has 1 fully saturated rings. The van der Waals surface area contributed by atoms with Gasteiger partial charge in [0.25, 0.3) is 5.91 Å². The van der Waals surface area contributed by atoms with Crippen LogP contribution in [0.3, 0.4) is 0 Å². The van der Waals surface area contributed by atoms with E-state index in [-0.39, 0.29) is 16.6 Å². The van der Waals surface area contributed by atoms with Gasteiger partial charge >= 0.3 is 0 Å². The summed E-state index contributed by atoms with van der Waals surface area (Å²) in [6.45, 7) is 2.58. The highest BCUT2D eigenvalue weighted by Gasteiger charge is 2.29. The van der Waals surface area contributed by atoms with Crippen molar-refractivity contribution in [3.8, 4) is 0 Å². The maximum absolute atomic E-state index is 14.1. The molecule has 144 valence electrons. The summed E-state index contributed by atoms with van der Waals surface area (Å²) in [6.07, 6.45) is 2.37. The molecule has 2 N–H and O–H groups in total. The highest BCUT2D eigenvalue weighted by Crippen LogP contribution is 2.24. The van der Waals surface area contributed by atoms with Gasteiger partial charge in [0.15, 0.2) is 0 Å². The van der Waals surface area contributed by atoms with Crippen LogP contribution in [-0.2, 0) is 0 Å². The molecule has 28 heavy (non-hydrogen) atoms. The van der Waals surface area contributed by atoms with Crippen LogP contribution in [0.15, 0.2) is 60.7 Å². The van der Waals surface area contributed by atoms with Crippen molar-refractivity contribution >= 4 is 28.3 Å². The van der Waals surface area contributed by atoms with Crippen molar-refractivity contribution in [1.29, 1.82) is 0 Å². The molecule has 1 saturated heterocycles. The zero-order valence-corrected chi connectivity index (χ0v) is 16.3. The Bertz CT molecular complexity index is 975. The molecular formula is C23H23ClFN2O+. The third-order valence-electron chi connectivity index (χ3n) is 5.59. The van der Waals surface area contributed by atoms with Gasteiger partial charge in [0.2, 0.25) is 0 Å². The minimum Gasteiger partial charge on any atom is -0.346 e. The number of benzene rings is 3. The lowest BCUT2D eigenvalue weighted by Gasteiger charge is -2.26. The number of amides is 1. The van der Waals surface area contributed by atoms with Gasteiger partial charge in [-0.05, 0) is 22.9 Å². The van der Waals surface area contributed by atoms with E-state index < -0.39 is 11.7 Å². The van der Waals surface area contributed by atoms with E-state index in [0.717, 1.165) is 13.1 Å². The number of fused-ring (bicyclic) bond motifs is 1. The van der Waals surface area contributed by atoms with Gasteiger partial charge in [-0.25, -0.2) is 4.39 Å². The van der Waals surface area contributed by atoms with Crippen molar-refractivity contribution in [2.24, 2.45) is 0 Å². The van der Waals surface area contributed by atoms with E-state index >= 15 is 0 Å². The second kappa shape index (κ2) is 8.29. The van der Waals surface area contributed by atoms with Gasteiger partial charge in [-0.2, -0.15) is 0 Å². The molecular weight excluding hydrogens is 375 g/mol. The van der Waals surface area contributed by atoms with Crippen LogP contribution < -0.4 is 10.2 Å². The zero-order valence-electron chi connectivity index (χ0n) is 15.6. The maximum atomic E-state index is 14.1. The van der Waals surface area contributed by atoms with E-state index in [9.17, 15) is 9.18 Å². The average Bonchev–Trinajstić information content (AvgIpc) is 3.23. The van der Waals surface area contributed by atoms with E-state index in [1.54, 1.807) is 0 Å². The third-order valence-corrected chi connectivity index (χ3v) is 5.91. The van der Waals surface area contributed by atoms with Gasteiger partial charge in [0, 0.05) is 18.4 Å². The van der Waals surface area contributed by atoms with E-state index in [1.807, 2.05) is 12.1 Å². The maximum Gasteiger partial charge on any atom is 0.256 e. The van der Waals surface area contributed by atoms with Crippen LogP contribution in [0.1, 0.15) is 34.8 Å². The monoisotopic (exact) mass is 397 g/mol. The lowest BCUT2D eigenvalue weighted by atomic mass is 9.97. The van der Waals surface area contributed by atoms with Gasteiger partial charge in [-0.3, -0.25) is 4.79 Å². The number of hydrogen-bond donors (Lipinski definition) is 2. The average molecular weight is 398 g/mol. The zero-order chi connectivity index (χ0) is 19.5. The highest BCUT2D eigenvalue weighted by atomic mass is 35.5. The minimum atomic E-state index is -0.597. The SMILES string of the molecule is O=C(NC[C@@H](c1cccc2ccccc12)[NH+]1CCCC1)c1c(F)cccc1Cl. The van der Waals surface area contributed by atoms with Crippen LogP contribution in [0.25, 0.3) is 10.8 Å². The lowest BCUT2D eigenvalue weighted by Crippen LogP contribution is -3.11. The Balaban J connectivity index is 1.63. The number of carbonyl (C=O) groups is 1. The Kier molecular flexibility index (Phi) is 5.60. The summed E-state index contributed by atoms with van der Waals surface area (Å²) < 4.78 is 14.1. The first-order valence-corrected chi connectivity index (χ1v) is 10.1. The van der Waals surface area contributed by atoms with Gasteiger partial charge in [0.05, 0.1) is 30.2 Å². The predicted molar refractivity (Wildman–Crippen MR) is 110 cm³/mol. The van der Waals surface area contributed by atoms with Crippen molar-refractivity contribution in [3.05, 3.63) is 82.6 Å². The van der Waals surface area contributed by atoms with E-state index in [4.69, 9.17) is 11.6 Å².